The molecule has 6 nitrogen and oxygen atoms in total. The molecule has 26 heavy (non-hydrogen) atoms. The zero-order valence-corrected chi connectivity index (χ0v) is 16.2. The molecule has 1 aromatic carbocycles. The molecule has 0 aliphatic heterocycles. The van der Waals surface area contributed by atoms with Gasteiger partial charge in [0.15, 0.2) is 15.3 Å². The Kier molecular flexibility index (Phi) is 6.02. The smallest absolute Gasteiger partial charge is 0.257 e. The molecule has 1 heterocycles. The highest BCUT2D eigenvalue weighted by molar-refractivity contribution is 7.90. The lowest BCUT2D eigenvalue weighted by Gasteiger charge is -2.15. The maximum absolute atomic E-state index is 12.6. The highest BCUT2D eigenvalue weighted by Crippen LogP contribution is 2.19. The molecule has 140 valence electrons. The standard InChI is InChI=1S/C19H24N2O4S/c1-5-12(2)18-17(16(22)10-13(3)21-18)19(23)20-11-14-6-8-15(9-7-14)26(4,24)25/h6-10,12H,5,11H2,1-4H3,(H,20,23)(H,21,22). The summed E-state index contributed by atoms with van der Waals surface area (Å²) in [7, 11) is -3.25. The fraction of sp³-hybridized carbons (Fsp3) is 0.368. The van der Waals surface area contributed by atoms with Crippen LogP contribution in [-0.4, -0.2) is 25.6 Å². The van der Waals surface area contributed by atoms with Crippen molar-refractivity contribution in [2.24, 2.45) is 0 Å². The summed E-state index contributed by atoms with van der Waals surface area (Å²) in [5.74, 6) is -0.383. The lowest BCUT2D eigenvalue weighted by Crippen LogP contribution is -2.31. The number of benzene rings is 1. The van der Waals surface area contributed by atoms with E-state index in [9.17, 15) is 18.0 Å². The van der Waals surface area contributed by atoms with E-state index in [1.54, 1.807) is 19.1 Å². The van der Waals surface area contributed by atoms with E-state index in [0.29, 0.717) is 5.69 Å². The van der Waals surface area contributed by atoms with Crippen LogP contribution in [0, 0.1) is 6.92 Å². The fourth-order valence-electron chi connectivity index (χ4n) is 2.65. The quantitative estimate of drug-likeness (QED) is 0.810. The molecule has 7 heteroatoms. The van der Waals surface area contributed by atoms with Gasteiger partial charge in [0.1, 0.15) is 5.56 Å². The van der Waals surface area contributed by atoms with Crippen molar-refractivity contribution in [3.63, 3.8) is 0 Å². The Balaban J connectivity index is 2.22. The summed E-state index contributed by atoms with van der Waals surface area (Å²) >= 11 is 0. The lowest BCUT2D eigenvalue weighted by atomic mass is 9.98. The van der Waals surface area contributed by atoms with Crippen molar-refractivity contribution in [1.82, 2.24) is 10.3 Å². The Morgan fingerprint density at radius 3 is 2.38 bits per heavy atom. The topological polar surface area (TPSA) is 96.1 Å². The van der Waals surface area contributed by atoms with Gasteiger partial charge in [0.05, 0.1) is 4.90 Å². The molecule has 0 saturated carbocycles. The van der Waals surface area contributed by atoms with Gasteiger partial charge in [-0.2, -0.15) is 0 Å². The molecule has 0 aliphatic carbocycles. The molecule has 1 aromatic heterocycles. The van der Waals surface area contributed by atoms with Gasteiger partial charge in [-0.05, 0) is 37.0 Å². The third kappa shape index (κ3) is 4.60. The Morgan fingerprint density at radius 1 is 1.23 bits per heavy atom. The summed E-state index contributed by atoms with van der Waals surface area (Å²) < 4.78 is 23.0. The summed E-state index contributed by atoms with van der Waals surface area (Å²) in [6, 6.07) is 7.71. The summed E-state index contributed by atoms with van der Waals surface area (Å²) in [6.45, 7) is 5.95. The van der Waals surface area contributed by atoms with Crippen LogP contribution in [0.4, 0.5) is 0 Å². The number of amides is 1. The van der Waals surface area contributed by atoms with Crippen LogP contribution in [0.3, 0.4) is 0 Å². The summed E-state index contributed by atoms with van der Waals surface area (Å²) in [5.41, 5.74) is 1.94. The number of sulfone groups is 1. The van der Waals surface area contributed by atoms with Crippen LogP contribution in [0.1, 0.15) is 53.5 Å². The van der Waals surface area contributed by atoms with Crippen LogP contribution in [-0.2, 0) is 16.4 Å². The van der Waals surface area contributed by atoms with Gasteiger partial charge in [-0.25, -0.2) is 8.42 Å². The zero-order chi connectivity index (χ0) is 19.5. The van der Waals surface area contributed by atoms with Crippen molar-refractivity contribution >= 4 is 15.7 Å². The first-order valence-corrected chi connectivity index (χ1v) is 10.3. The van der Waals surface area contributed by atoms with Crippen molar-refractivity contribution in [3.05, 3.63) is 63.1 Å². The number of rotatable bonds is 6. The van der Waals surface area contributed by atoms with Gasteiger partial charge in [0.25, 0.3) is 5.91 Å². The monoisotopic (exact) mass is 376 g/mol. The van der Waals surface area contributed by atoms with Crippen LogP contribution in [0.2, 0.25) is 0 Å². The van der Waals surface area contributed by atoms with Gasteiger partial charge in [-0.1, -0.05) is 26.0 Å². The first kappa shape index (κ1) is 19.9. The number of carbonyl (C=O) groups is 1. The van der Waals surface area contributed by atoms with Crippen LogP contribution in [0.25, 0.3) is 0 Å². The van der Waals surface area contributed by atoms with Gasteiger partial charge in [0.2, 0.25) is 0 Å². The Hall–Kier alpha value is -2.41. The minimum Gasteiger partial charge on any atom is -0.361 e. The normalized spacial score (nSPS) is 12.6. The van der Waals surface area contributed by atoms with Crippen molar-refractivity contribution < 1.29 is 13.2 Å². The lowest BCUT2D eigenvalue weighted by molar-refractivity contribution is 0.0948. The van der Waals surface area contributed by atoms with E-state index in [4.69, 9.17) is 0 Å². The molecule has 2 N–H and O–H groups in total. The van der Waals surface area contributed by atoms with Crippen molar-refractivity contribution in [2.75, 3.05) is 6.26 Å². The minimum atomic E-state index is -3.25. The van der Waals surface area contributed by atoms with E-state index >= 15 is 0 Å². The predicted octanol–water partition coefficient (Wildman–Crippen LogP) is 2.53. The van der Waals surface area contributed by atoms with E-state index in [0.717, 1.165) is 23.9 Å². The molecule has 0 fully saturated rings. The maximum Gasteiger partial charge on any atom is 0.257 e. The fourth-order valence-corrected chi connectivity index (χ4v) is 3.28. The molecule has 0 spiro atoms. The Bertz CT molecular complexity index is 960. The summed E-state index contributed by atoms with van der Waals surface area (Å²) in [6.07, 6.45) is 1.94. The molecular formula is C19H24N2O4S. The van der Waals surface area contributed by atoms with Gasteiger partial charge in [-0.15, -0.1) is 0 Å². The average molecular weight is 376 g/mol. The van der Waals surface area contributed by atoms with Crippen molar-refractivity contribution in [1.29, 1.82) is 0 Å². The number of nitrogens with one attached hydrogen (secondary N) is 2. The molecule has 0 saturated heterocycles. The molecule has 0 radical (unpaired) electrons. The Morgan fingerprint density at radius 2 is 1.85 bits per heavy atom. The van der Waals surface area contributed by atoms with Crippen LogP contribution in [0.5, 0.6) is 0 Å². The van der Waals surface area contributed by atoms with Crippen molar-refractivity contribution in [3.8, 4) is 0 Å². The van der Waals surface area contributed by atoms with E-state index < -0.39 is 15.7 Å². The van der Waals surface area contributed by atoms with Crippen LogP contribution in [0.15, 0.2) is 40.0 Å². The van der Waals surface area contributed by atoms with Gasteiger partial charge in [-0.3, -0.25) is 9.59 Å². The first-order chi connectivity index (χ1) is 12.1. The minimum absolute atomic E-state index is 0.0531. The van der Waals surface area contributed by atoms with Crippen molar-refractivity contribution in [2.45, 2.75) is 44.6 Å². The number of aromatic amines is 1. The first-order valence-electron chi connectivity index (χ1n) is 8.44. The summed E-state index contributed by atoms with van der Waals surface area (Å²) in [5, 5.41) is 2.74. The van der Waals surface area contributed by atoms with Crippen LogP contribution < -0.4 is 10.7 Å². The highest BCUT2D eigenvalue weighted by Gasteiger charge is 2.20. The number of hydrogen-bond donors (Lipinski definition) is 2. The van der Waals surface area contributed by atoms with E-state index in [1.807, 2.05) is 13.8 Å². The molecular weight excluding hydrogens is 352 g/mol. The zero-order valence-electron chi connectivity index (χ0n) is 15.4. The highest BCUT2D eigenvalue weighted by atomic mass is 32.2. The summed E-state index contributed by atoms with van der Waals surface area (Å²) in [4.78, 5) is 28.3. The van der Waals surface area contributed by atoms with E-state index in [-0.39, 0.29) is 28.4 Å². The van der Waals surface area contributed by atoms with Gasteiger partial charge >= 0.3 is 0 Å². The second kappa shape index (κ2) is 7.86. The number of aryl methyl sites for hydroxylation is 1. The molecule has 1 atom stereocenters. The number of carbonyl (C=O) groups excluding carboxylic acids is 1. The van der Waals surface area contributed by atoms with Gasteiger partial charge in [0, 0.05) is 30.3 Å². The number of pyridine rings is 1. The van der Waals surface area contributed by atoms with E-state index in [1.165, 1.54) is 18.2 Å². The number of aromatic nitrogens is 1. The van der Waals surface area contributed by atoms with Gasteiger partial charge < -0.3 is 10.3 Å². The third-order valence-corrected chi connectivity index (χ3v) is 5.46. The maximum atomic E-state index is 12.6. The van der Waals surface area contributed by atoms with E-state index in [2.05, 4.69) is 10.3 Å². The SMILES string of the molecule is CCC(C)c1[nH]c(C)cc(=O)c1C(=O)NCc1ccc(S(C)(=O)=O)cc1. The second-order valence-corrected chi connectivity index (χ2v) is 8.53. The number of H-pyrrole nitrogens is 1. The third-order valence-electron chi connectivity index (χ3n) is 4.33. The largest absolute Gasteiger partial charge is 0.361 e. The Labute approximate surface area is 153 Å². The van der Waals surface area contributed by atoms with Crippen LogP contribution >= 0.6 is 0 Å². The molecule has 2 aromatic rings. The molecule has 2 rings (SSSR count). The molecule has 1 unspecified atom stereocenters. The second-order valence-electron chi connectivity index (χ2n) is 6.51. The number of hydrogen-bond acceptors (Lipinski definition) is 4. The predicted molar refractivity (Wildman–Crippen MR) is 101 cm³/mol. The molecule has 1 amide bonds. The molecule has 0 aliphatic rings. The molecule has 0 bridgehead atoms. The average Bonchev–Trinajstić information content (AvgIpc) is 2.57.